The van der Waals surface area contributed by atoms with Crippen LogP contribution in [0.5, 0.6) is 0 Å². The average Bonchev–Trinajstić information content (AvgIpc) is 2.71. The number of hydrogen-bond donors (Lipinski definition) is 1. The van der Waals surface area contributed by atoms with Crippen molar-refractivity contribution in [2.24, 2.45) is 5.73 Å². The first-order valence-corrected chi connectivity index (χ1v) is 9.59. The van der Waals surface area contributed by atoms with Crippen molar-refractivity contribution in [1.82, 2.24) is 4.90 Å². The van der Waals surface area contributed by atoms with Gasteiger partial charge in [0, 0.05) is 44.7 Å². The van der Waals surface area contributed by atoms with Crippen molar-refractivity contribution in [3.8, 4) is 0 Å². The third kappa shape index (κ3) is 4.95. The number of amides is 2. The lowest BCUT2D eigenvalue weighted by Gasteiger charge is -2.30. The number of nitrogens with zero attached hydrogens (tertiary/aromatic N) is 2. The van der Waals surface area contributed by atoms with Crippen LogP contribution in [0.2, 0.25) is 0 Å². The molecule has 142 valence electrons. The third-order valence-corrected chi connectivity index (χ3v) is 5.01. The lowest BCUT2D eigenvalue weighted by molar-refractivity contribution is -0.130. The third-order valence-electron chi connectivity index (χ3n) is 5.01. The highest BCUT2D eigenvalue weighted by atomic mass is 16.2. The highest BCUT2D eigenvalue weighted by Crippen LogP contribution is 2.27. The van der Waals surface area contributed by atoms with Gasteiger partial charge in [0.15, 0.2) is 0 Å². The maximum atomic E-state index is 12.7. The molecular weight excluding hydrogens is 338 g/mol. The number of fused-ring (bicyclic) bond motifs is 1. The molecule has 0 saturated carbocycles. The van der Waals surface area contributed by atoms with E-state index in [4.69, 9.17) is 5.73 Å². The SMILES string of the molecule is NCCN(CCc1ccccc1)C(=O)CCN1C(=O)CCc2ccccc21. The van der Waals surface area contributed by atoms with Crippen molar-refractivity contribution in [3.05, 3.63) is 65.7 Å². The second-order valence-corrected chi connectivity index (χ2v) is 6.83. The summed E-state index contributed by atoms with van der Waals surface area (Å²) in [6.07, 6.45) is 2.40. The van der Waals surface area contributed by atoms with Crippen LogP contribution in [-0.2, 0) is 22.4 Å². The second kappa shape index (κ2) is 9.33. The van der Waals surface area contributed by atoms with E-state index < -0.39 is 0 Å². The number of aryl methyl sites for hydroxylation is 1. The van der Waals surface area contributed by atoms with Gasteiger partial charge < -0.3 is 15.5 Å². The number of rotatable bonds is 8. The van der Waals surface area contributed by atoms with Gasteiger partial charge in [0.05, 0.1) is 0 Å². The van der Waals surface area contributed by atoms with E-state index in [0.29, 0.717) is 39.0 Å². The molecule has 0 saturated heterocycles. The summed E-state index contributed by atoms with van der Waals surface area (Å²) in [4.78, 5) is 28.7. The molecule has 0 aliphatic carbocycles. The molecule has 1 aliphatic rings. The summed E-state index contributed by atoms with van der Waals surface area (Å²) in [6, 6.07) is 18.1. The normalized spacial score (nSPS) is 13.4. The molecule has 2 aromatic rings. The molecule has 0 atom stereocenters. The molecule has 2 amide bonds. The van der Waals surface area contributed by atoms with Crippen LogP contribution in [0.4, 0.5) is 5.69 Å². The van der Waals surface area contributed by atoms with Crippen LogP contribution in [0.1, 0.15) is 24.0 Å². The Labute approximate surface area is 160 Å². The quantitative estimate of drug-likeness (QED) is 0.781. The topological polar surface area (TPSA) is 66.6 Å². The predicted octanol–water partition coefficient (Wildman–Crippen LogP) is 2.39. The lowest BCUT2D eigenvalue weighted by Crippen LogP contribution is -2.41. The molecule has 1 heterocycles. The Morgan fingerprint density at radius 2 is 1.74 bits per heavy atom. The fraction of sp³-hybridized carbons (Fsp3) is 0.364. The first-order valence-electron chi connectivity index (χ1n) is 9.59. The molecule has 27 heavy (non-hydrogen) atoms. The van der Waals surface area contributed by atoms with E-state index in [1.54, 1.807) is 4.90 Å². The zero-order chi connectivity index (χ0) is 19.1. The predicted molar refractivity (Wildman–Crippen MR) is 108 cm³/mol. The Bertz CT molecular complexity index is 776. The summed E-state index contributed by atoms with van der Waals surface area (Å²) in [5.41, 5.74) is 9.02. The van der Waals surface area contributed by atoms with Crippen LogP contribution >= 0.6 is 0 Å². The van der Waals surface area contributed by atoms with Gasteiger partial charge in [-0.25, -0.2) is 0 Å². The van der Waals surface area contributed by atoms with E-state index in [0.717, 1.165) is 18.5 Å². The Kier molecular flexibility index (Phi) is 6.60. The molecule has 1 aliphatic heterocycles. The van der Waals surface area contributed by atoms with Crippen LogP contribution in [-0.4, -0.2) is 42.9 Å². The van der Waals surface area contributed by atoms with Crippen LogP contribution in [0.3, 0.4) is 0 Å². The highest BCUT2D eigenvalue weighted by molar-refractivity contribution is 5.97. The van der Waals surface area contributed by atoms with E-state index in [1.165, 1.54) is 11.1 Å². The summed E-state index contributed by atoms with van der Waals surface area (Å²) < 4.78 is 0. The number of hydrogen-bond acceptors (Lipinski definition) is 3. The number of nitrogens with two attached hydrogens (primary N) is 1. The number of carbonyl (C=O) groups excluding carboxylic acids is 2. The molecule has 5 heteroatoms. The number of benzene rings is 2. The van der Waals surface area contributed by atoms with Crippen molar-refractivity contribution >= 4 is 17.5 Å². The summed E-state index contributed by atoms with van der Waals surface area (Å²) >= 11 is 0. The Balaban J connectivity index is 1.60. The van der Waals surface area contributed by atoms with Gasteiger partial charge >= 0.3 is 0 Å². The van der Waals surface area contributed by atoms with E-state index in [1.807, 2.05) is 41.3 Å². The molecule has 0 radical (unpaired) electrons. The van der Waals surface area contributed by atoms with Crippen molar-refractivity contribution < 1.29 is 9.59 Å². The minimum atomic E-state index is 0.0484. The number of para-hydroxylation sites is 1. The molecular formula is C22H27N3O2. The summed E-state index contributed by atoms with van der Waals surface area (Å²) in [7, 11) is 0. The van der Waals surface area contributed by atoms with E-state index in [-0.39, 0.29) is 11.8 Å². The average molecular weight is 365 g/mol. The van der Waals surface area contributed by atoms with Gasteiger partial charge in [-0.1, -0.05) is 48.5 Å². The fourth-order valence-electron chi connectivity index (χ4n) is 3.53. The van der Waals surface area contributed by atoms with Crippen LogP contribution in [0, 0.1) is 0 Å². The van der Waals surface area contributed by atoms with Crippen molar-refractivity contribution in [3.63, 3.8) is 0 Å². The smallest absolute Gasteiger partial charge is 0.227 e. The minimum Gasteiger partial charge on any atom is -0.341 e. The summed E-state index contributed by atoms with van der Waals surface area (Å²) in [5, 5.41) is 0. The minimum absolute atomic E-state index is 0.0484. The molecule has 5 nitrogen and oxygen atoms in total. The van der Waals surface area contributed by atoms with Gasteiger partial charge in [-0.2, -0.15) is 0 Å². The van der Waals surface area contributed by atoms with Crippen LogP contribution in [0.25, 0.3) is 0 Å². The highest BCUT2D eigenvalue weighted by Gasteiger charge is 2.24. The van der Waals surface area contributed by atoms with Crippen LogP contribution < -0.4 is 10.6 Å². The lowest BCUT2D eigenvalue weighted by atomic mass is 10.0. The molecule has 0 aromatic heterocycles. The standard InChI is InChI=1S/C22H27N3O2/c23-14-17-24(15-12-18-6-2-1-3-7-18)21(26)13-16-25-20-9-5-4-8-19(20)10-11-22(25)27/h1-9H,10-17,23H2. The second-order valence-electron chi connectivity index (χ2n) is 6.83. The maximum absolute atomic E-state index is 12.7. The van der Waals surface area contributed by atoms with E-state index in [2.05, 4.69) is 18.2 Å². The summed E-state index contributed by atoms with van der Waals surface area (Å²) in [5.74, 6) is 0.142. The molecule has 2 N–H and O–H groups in total. The largest absolute Gasteiger partial charge is 0.341 e. The van der Waals surface area contributed by atoms with Gasteiger partial charge in [-0.15, -0.1) is 0 Å². The molecule has 0 spiro atoms. The first-order chi connectivity index (χ1) is 13.2. The zero-order valence-electron chi connectivity index (χ0n) is 15.6. The monoisotopic (exact) mass is 365 g/mol. The van der Waals surface area contributed by atoms with Crippen molar-refractivity contribution in [2.45, 2.75) is 25.7 Å². The maximum Gasteiger partial charge on any atom is 0.227 e. The molecule has 0 unspecified atom stereocenters. The first kappa shape index (κ1) is 19.1. The Hall–Kier alpha value is -2.66. The van der Waals surface area contributed by atoms with Gasteiger partial charge in [0.2, 0.25) is 11.8 Å². The summed E-state index contributed by atoms with van der Waals surface area (Å²) in [6.45, 7) is 2.04. The van der Waals surface area contributed by atoms with E-state index >= 15 is 0 Å². The van der Waals surface area contributed by atoms with Crippen molar-refractivity contribution in [1.29, 1.82) is 0 Å². The van der Waals surface area contributed by atoms with Gasteiger partial charge in [-0.3, -0.25) is 9.59 Å². The van der Waals surface area contributed by atoms with E-state index in [9.17, 15) is 9.59 Å². The van der Waals surface area contributed by atoms with Gasteiger partial charge in [-0.05, 0) is 30.0 Å². The molecule has 2 aromatic carbocycles. The molecule has 3 rings (SSSR count). The fourth-order valence-corrected chi connectivity index (χ4v) is 3.53. The van der Waals surface area contributed by atoms with Crippen molar-refractivity contribution in [2.75, 3.05) is 31.1 Å². The number of carbonyl (C=O) groups is 2. The number of anilines is 1. The van der Waals surface area contributed by atoms with Crippen LogP contribution in [0.15, 0.2) is 54.6 Å². The molecule has 0 bridgehead atoms. The zero-order valence-corrected chi connectivity index (χ0v) is 15.6. The van der Waals surface area contributed by atoms with Gasteiger partial charge in [0.1, 0.15) is 0 Å². The Morgan fingerprint density at radius 1 is 1.00 bits per heavy atom. The van der Waals surface area contributed by atoms with Gasteiger partial charge in [0.25, 0.3) is 0 Å². The molecule has 0 fully saturated rings. The Morgan fingerprint density at radius 3 is 2.52 bits per heavy atom.